The zero-order valence-corrected chi connectivity index (χ0v) is 67.6. The first-order chi connectivity index (χ1) is 54.2. The highest BCUT2D eigenvalue weighted by atomic mass is 19.3. The molecule has 5 N–H and O–H groups in total. The molecule has 30 heteroatoms. The van der Waals surface area contributed by atoms with Gasteiger partial charge >= 0.3 is 23.6 Å². The summed E-state index contributed by atoms with van der Waals surface area (Å²) in [4.78, 5) is 49.5. The van der Waals surface area contributed by atoms with Crippen molar-refractivity contribution in [1.82, 2.24) is 18.7 Å². The van der Waals surface area contributed by atoms with Crippen LogP contribution < -0.4 is 15.2 Å². The molecule has 4 fully saturated rings. The molecule has 15 rings (SSSR count). The van der Waals surface area contributed by atoms with Crippen LogP contribution in [0.25, 0.3) is 43.6 Å². The van der Waals surface area contributed by atoms with Gasteiger partial charge in [0.2, 0.25) is 11.6 Å². The van der Waals surface area contributed by atoms with E-state index in [0.29, 0.717) is 90.9 Å². The van der Waals surface area contributed by atoms with Gasteiger partial charge in [-0.3, -0.25) is 29.8 Å². The van der Waals surface area contributed by atoms with Crippen LogP contribution in [0, 0.1) is 43.5 Å². The lowest BCUT2D eigenvalue weighted by Gasteiger charge is -2.27. The molecule has 0 radical (unpaired) electrons. The van der Waals surface area contributed by atoms with E-state index in [0.717, 1.165) is 63.0 Å². The summed E-state index contributed by atoms with van der Waals surface area (Å²) in [5.74, 6) is -5.45. The average molecular weight is 1620 g/mol. The van der Waals surface area contributed by atoms with Crippen molar-refractivity contribution in [1.29, 1.82) is 0 Å². The van der Waals surface area contributed by atoms with E-state index in [1.54, 1.807) is 44.2 Å². The van der Waals surface area contributed by atoms with Crippen molar-refractivity contribution in [2.24, 2.45) is 0 Å². The SMILES string of the molecule is CC(C)(C(=O)OCc1ccccc1)c1cc2cc([N+](=O)[O-])c(F)cc2[nH]1.CC1(C)OC[C@@H](Cn2c(C(C)(C)CO)cc3cc(N)c(F)cc32)O1.CC1(C)OC[C@@H](Cn2c(C(C)(C)CO)cc3cc([N+](=O)[O-])c(F)cc32)O1.CCC(C)(C)c1cc2cc(CC(=O)C3(c4ccc5c(c4)OC(F)(F)O5)CC3)c(F)cc2n1C[C@@H]1COC(C)(C)O1. The van der Waals surface area contributed by atoms with E-state index in [2.05, 4.69) is 45.9 Å². The predicted molar refractivity (Wildman–Crippen MR) is 421 cm³/mol. The molecule has 622 valence electrons. The number of aromatic amines is 1. The fourth-order valence-electron chi connectivity index (χ4n) is 15.0. The van der Waals surface area contributed by atoms with Crippen LogP contribution in [0.15, 0.2) is 121 Å². The number of nitrogens with zero attached hydrogens (tertiary/aromatic N) is 5. The standard InChI is InChI=1S/C31H34F3NO5.C19H17FN2O4.C18H23FN2O5.C18H25FN2O3/c1-6-28(2,3)26-12-19-11-18(22(32)15-23(19)35(26)16-21-17-37-29(4,5)38-21)13-27(36)30(9-10-30)20-7-8-24-25(14-20)40-31(33,34)39-24;1-19(2,18(23)26-11-12-6-4-3-5-7-12)17-9-13-8-16(22(24)25)14(20)10-15(13)21-17;1-17(2,10-22)16-6-11-5-15(21(23)24)13(19)7-14(11)20(16)8-12-9-25-18(3,4)26-12;1-17(2,10-22)16-6-11-5-14(20)13(19)7-15(11)21(16)8-12-9-23-18(3,4)24-12/h7-8,11-12,14-15,21H,6,9-10,13,16-17H2,1-5H3;3-10,21H,11H2,1-2H3;5-7,12,22H,8-10H2,1-4H3;5-7,12,22H,8-10,20H2,1-4H3/t21-;;2*12-/m1.11/s1. The number of carbonyl (C=O) groups is 2. The molecule has 4 aliphatic heterocycles. The number of halogens is 6. The number of ether oxygens (including phenoxy) is 9. The number of Topliss-reactive ketones (excluding diaryl/α,β-unsaturated/α-hetero) is 1. The highest BCUT2D eigenvalue weighted by Gasteiger charge is 2.53. The van der Waals surface area contributed by atoms with Gasteiger partial charge < -0.3 is 77.3 Å². The van der Waals surface area contributed by atoms with E-state index in [-0.39, 0.29) is 72.9 Å². The van der Waals surface area contributed by atoms with Gasteiger partial charge in [0, 0.05) is 103 Å². The smallest absolute Gasteiger partial charge is 0.460 e. The Morgan fingerprint density at radius 1 is 0.569 bits per heavy atom. The Labute approximate surface area is 666 Å². The van der Waals surface area contributed by atoms with Crippen LogP contribution in [-0.2, 0) is 102 Å². The van der Waals surface area contributed by atoms with Crippen LogP contribution in [0.1, 0.15) is 163 Å². The molecule has 24 nitrogen and oxygen atoms in total. The van der Waals surface area contributed by atoms with Gasteiger partial charge in [0.15, 0.2) is 28.9 Å². The minimum atomic E-state index is -3.73. The van der Waals surface area contributed by atoms with E-state index in [1.807, 2.05) is 115 Å². The van der Waals surface area contributed by atoms with Gasteiger partial charge in [-0.1, -0.05) is 84.9 Å². The Morgan fingerprint density at radius 2 is 1.02 bits per heavy atom. The molecular formula is C86H99F6N7O17. The normalized spacial score (nSPS) is 19.0. The molecule has 0 amide bonds. The molecule has 0 bridgehead atoms. The van der Waals surface area contributed by atoms with Crippen molar-refractivity contribution in [3.05, 3.63) is 204 Å². The number of aromatic nitrogens is 4. The number of carbonyl (C=O) groups excluding carboxylic acids is 2. The summed E-state index contributed by atoms with van der Waals surface area (Å²) in [5, 5.41) is 44.2. The Balaban J connectivity index is 0.000000146. The predicted octanol–water partition coefficient (Wildman–Crippen LogP) is 16.9. The number of rotatable bonds is 22. The molecule has 116 heavy (non-hydrogen) atoms. The minimum Gasteiger partial charge on any atom is -0.460 e. The maximum absolute atomic E-state index is 15.6. The Bertz CT molecular complexity index is 5410. The zero-order chi connectivity index (χ0) is 84.5. The van der Waals surface area contributed by atoms with Crippen LogP contribution in [0.5, 0.6) is 11.5 Å². The number of nitrogen functional groups attached to an aromatic ring is 1. The molecule has 1 aliphatic carbocycles. The number of aliphatic hydroxyl groups is 2. The highest BCUT2D eigenvalue weighted by molar-refractivity contribution is 5.96. The molecule has 3 atom stereocenters. The van der Waals surface area contributed by atoms with Gasteiger partial charge in [0.1, 0.15) is 47.8 Å². The molecule has 5 aliphatic rings. The Morgan fingerprint density at radius 3 is 1.48 bits per heavy atom. The number of nitro benzene ring substituents is 2. The summed E-state index contributed by atoms with van der Waals surface area (Å²) in [6, 6.07) is 32.1. The third-order valence-corrected chi connectivity index (χ3v) is 22.2. The lowest BCUT2D eigenvalue weighted by molar-refractivity contribution is -0.387. The number of benzene rings is 6. The van der Waals surface area contributed by atoms with Gasteiger partial charge in [-0.15, -0.1) is 8.78 Å². The van der Waals surface area contributed by atoms with E-state index in [1.165, 1.54) is 36.4 Å². The summed E-state index contributed by atoms with van der Waals surface area (Å²) in [6.07, 6.45) is -2.36. The third kappa shape index (κ3) is 18.1. The molecule has 4 aromatic heterocycles. The summed E-state index contributed by atoms with van der Waals surface area (Å²) in [6.45, 7) is 31.3. The molecule has 6 aromatic carbocycles. The van der Waals surface area contributed by atoms with Crippen LogP contribution in [0.3, 0.4) is 0 Å². The zero-order valence-electron chi connectivity index (χ0n) is 67.6. The number of esters is 1. The van der Waals surface area contributed by atoms with Gasteiger partial charge in [-0.2, -0.15) is 8.78 Å². The highest BCUT2D eigenvalue weighted by Crippen LogP contribution is 2.53. The first kappa shape index (κ1) is 85.4. The maximum Gasteiger partial charge on any atom is 0.586 e. The number of alkyl halides is 2. The van der Waals surface area contributed by atoms with Crippen molar-refractivity contribution < 1.29 is 98.6 Å². The largest absolute Gasteiger partial charge is 0.586 e. The number of ketones is 1. The second-order valence-electron chi connectivity index (χ2n) is 34.2. The van der Waals surface area contributed by atoms with Gasteiger partial charge in [0.25, 0.3) is 0 Å². The van der Waals surface area contributed by atoms with E-state index < -0.39 is 95.8 Å². The van der Waals surface area contributed by atoms with Crippen molar-refractivity contribution in [3.8, 4) is 11.5 Å². The van der Waals surface area contributed by atoms with Gasteiger partial charge in [-0.25, -0.2) is 8.78 Å². The topological polar surface area (TPSA) is 301 Å². The van der Waals surface area contributed by atoms with Crippen molar-refractivity contribution >= 4 is 72.4 Å². The van der Waals surface area contributed by atoms with Crippen LogP contribution in [0.2, 0.25) is 0 Å². The number of hydrogen-bond donors (Lipinski definition) is 4. The summed E-state index contributed by atoms with van der Waals surface area (Å²) in [5.41, 5.74) is 8.92. The van der Waals surface area contributed by atoms with Crippen molar-refractivity contribution in [2.45, 2.75) is 225 Å². The lowest BCUT2D eigenvalue weighted by atomic mass is 9.86. The number of nitro groups is 2. The quantitative estimate of drug-likeness (QED) is 0.0161. The Hall–Kier alpha value is -9.92. The molecule has 0 unspecified atom stereocenters. The average Bonchev–Trinajstić information content (AvgIpc) is 1.58. The lowest BCUT2D eigenvalue weighted by Crippen LogP contribution is -2.31. The van der Waals surface area contributed by atoms with Gasteiger partial charge in [0.05, 0.1) is 90.2 Å². The number of hydrogen-bond acceptors (Lipinski definition) is 18. The molecule has 0 spiro atoms. The number of aliphatic hydroxyl groups excluding tert-OH is 2. The summed E-state index contributed by atoms with van der Waals surface area (Å²) < 4.78 is 140. The van der Waals surface area contributed by atoms with Gasteiger partial charge in [-0.05, 0) is 146 Å². The molecule has 10 aromatic rings. The fraction of sp³-hybridized carbons (Fsp3) is 0.465. The third-order valence-electron chi connectivity index (χ3n) is 22.2. The molecule has 1 saturated carbocycles. The monoisotopic (exact) mass is 1620 g/mol. The van der Waals surface area contributed by atoms with Crippen LogP contribution in [0.4, 0.5) is 43.4 Å². The Kier molecular flexibility index (Phi) is 23.5. The van der Waals surface area contributed by atoms with Crippen LogP contribution >= 0.6 is 0 Å². The van der Waals surface area contributed by atoms with E-state index in [4.69, 9.17) is 38.9 Å². The minimum absolute atomic E-state index is 0.0190. The number of nitrogens with one attached hydrogen (secondary N) is 1. The second kappa shape index (κ2) is 31.8. The number of anilines is 1. The molecule has 3 saturated heterocycles. The summed E-state index contributed by atoms with van der Waals surface area (Å²) >= 11 is 0. The van der Waals surface area contributed by atoms with E-state index >= 15 is 4.39 Å². The van der Waals surface area contributed by atoms with Crippen molar-refractivity contribution in [3.63, 3.8) is 0 Å². The number of fused-ring (bicyclic) bond motifs is 5. The fourth-order valence-corrected chi connectivity index (χ4v) is 15.0. The maximum atomic E-state index is 15.6. The first-order valence-electron chi connectivity index (χ1n) is 38.4. The molecular weight excluding hydrogens is 1520 g/mol. The summed E-state index contributed by atoms with van der Waals surface area (Å²) in [7, 11) is 0. The van der Waals surface area contributed by atoms with E-state index in [9.17, 15) is 62.0 Å². The second-order valence-corrected chi connectivity index (χ2v) is 34.2. The first-order valence-corrected chi connectivity index (χ1v) is 38.4. The van der Waals surface area contributed by atoms with Crippen molar-refractivity contribution in [2.75, 3.05) is 38.8 Å². The number of nitrogens with two attached hydrogens (primary N) is 1. The number of H-pyrrole nitrogens is 1. The molecule has 8 heterocycles. The van der Waals surface area contributed by atoms with Crippen LogP contribution in [-0.4, -0.2) is 125 Å².